The lowest BCUT2D eigenvalue weighted by atomic mass is 9.95. The molecule has 1 saturated heterocycles. The summed E-state index contributed by atoms with van der Waals surface area (Å²) >= 11 is 0. The molecule has 1 aliphatic heterocycles. The number of rotatable bonds is 4. The zero-order valence-corrected chi connectivity index (χ0v) is 12.5. The molecular weight excluding hydrogens is 248 g/mol. The molecule has 1 aliphatic rings. The molecule has 0 radical (unpaired) electrons. The minimum absolute atomic E-state index is 0.172. The number of carbonyl (C=O) groups is 2. The second-order valence-corrected chi connectivity index (χ2v) is 5.70. The molecule has 0 aromatic rings. The quantitative estimate of drug-likeness (QED) is 0.732. The van der Waals surface area contributed by atoms with Gasteiger partial charge in [-0.2, -0.15) is 0 Å². The summed E-state index contributed by atoms with van der Waals surface area (Å²) < 4.78 is 16.6. The van der Waals surface area contributed by atoms with Crippen LogP contribution < -0.4 is 0 Å². The van der Waals surface area contributed by atoms with Gasteiger partial charge in [-0.15, -0.1) is 0 Å². The van der Waals surface area contributed by atoms with Crippen LogP contribution in [0.1, 0.15) is 41.5 Å². The lowest BCUT2D eigenvalue weighted by Gasteiger charge is -2.25. The van der Waals surface area contributed by atoms with Gasteiger partial charge in [-0.05, 0) is 11.8 Å². The van der Waals surface area contributed by atoms with Crippen molar-refractivity contribution >= 4 is 11.9 Å². The van der Waals surface area contributed by atoms with E-state index in [-0.39, 0.29) is 36.0 Å². The molecule has 0 saturated carbocycles. The van der Waals surface area contributed by atoms with Gasteiger partial charge in [-0.1, -0.05) is 27.7 Å². The fraction of sp³-hybridized carbons (Fsp3) is 0.857. The first-order valence-corrected chi connectivity index (χ1v) is 6.74. The Morgan fingerprint density at radius 1 is 0.842 bits per heavy atom. The summed E-state index contributed by atoms with van der Waals surface area (Å²) in [6.45, 7) is 10.7. The predicted octanol–water partition coefficient (Wildman–Crippen LogP) is 1.93. The Balaban J connectivity index is 2.99. The van der Waals surface area contributed by atoms with Crippen molar-refractivity contribution in [1.82, 2.24) is 0 Å². The number of esters is 2. The molecule has 5 nitrogen and oxygen atoms in total. The molecule has 0 unspecified atom stereocenters. The Bertz CT molecular complexity index is 305. The Morgan fingerprint density at radius 3 is 1.37 bits per heavy atom. The fourth-order valence-corrected chi connectivity index (χ4v) is 2.43. The van der Waals surface area contributed by atoms with E-state index in [9.17, 15) is 9.59 Å². The molecule has 0 amide bonds. The molecule has 0 aliphatic carbocycles. The lowest BCUT2D eigenvalue weighted by Crippen LogP contribution is -2.42. The highest BCUT2D eigenvalue weighted by molar-refractivity contribution is 5.67. The summed E-state index contributed by atoms with van der Waals surface area (Å²) in [5.41, 5.74) is 0. The zero-order chi connectivity index (χ0) is 14.7. The molecule has 0 N–H and O–H groups in total. The molecule has 0 aromatic carbocycles. The lowest BCUT2D eigenvalue weighted by molar-refractivity contribution is -0.165. The van der Waals surface area contributed by atoms with Gasteiger partial charge in [0.15, 0.2) is 12.2 Å². The van der Waals surface area contributed by atoms with E-state index in [1.165, 1.54) is 13.8 Å². The molecular formula is C14H24O5. The predicted molar refractivity (Wildman–Crippen MR) is 69.4 cm³/mol. The van der Waals surface area contributed by atoms with Crippen molar-refractivity contribution in [2.75, 3.05) is 0 Å². The average Bonchev–Trinajstić information content (AvgIpc) is 2.56. The largest absolute Gasteiger partial charge is 0.456 e. The van der Waals surface area contributed by atoms with Crippen molar-refractivity contribution in [3.8, 4) is 0 Å². The van der Waals surface area contributed by atoms with E-state index in [1.807, 2.05) is 27.7 Å². The summed E-state index contributed by atoms with van der Waals surface area (Å²) in [7, 11) is 0. The van der Waals surface area contributed by atoms with Gasteiger partial charge in [0.25, 0.3) is 0 Å². The van der Waals surface area contributed by atoms with Gasteiger partial charge in [-0.3, -0.25) is 9.59 Å². The second-order valence-electron chi connectivity index (χ2n) is 5.70. The molecule has 19 heavy (non-hydrogen) atoms. The van der Waals surface area contributed by atoms with Crippen LogP contribution in [0, 0.1) is 11.8 Å². The number of ether oxygens (including phenoxy) is 3. The van der Waals surface area contributed by atoms with E-state index in [2.05, 4.69) is 0 Å². The van der Waals surface area contributed by atoms with Crippen LogP contribution in [0.5, 0.6) is 0 Å². The minimum Gasteiger partial charge on any atom is -0.456 e. The van der Waals surface area contributed by atoms with Crippen LogP contribution in [0.15, 0.2) is 0 Å². The van der Waals surface area contributed by atoms with Gasteiger partial charge >= 0.3 is 11.9 Å². The standard InChI is InChI=1S/C14H24O5/c1-7(2)11-13(17-9(5)15)14(18-10(6)16)12(19-11)8(3)4/h7-8,11-14H,1-6H3/t11-,12+,13-,14-/m1/s1. The van der Waals surface area contributed by atoms with Crippen LogP contribution in [0.3, 0.4) is 0 Å². The average molecular weight is 272 g/mol. The third-order valence-electron chi connectivity index (χ3n) is 3.20. The maximum atomic E-state index is 11.3. The smallest absolute Gasteiger partial charge is 0.303 e. The van der Waals surface area contributed by atoms with Crippen LogP contribution in [0.4, 0.5) is 0 Å². The highest BCUT2D eigenvalue weighted by Gasteiger charge is 2.50. The van der Waals surface area contributed by atoms with E-state index in [4.69, 9.17) is 14.2 Å². The minimum atomic E-state index is -0.534. The third-order valence-corrected chi connectivity index (χ3v) is 3.20. The monoisotopic (exact) mass is 272 g/mol. The van der Waals surface area contributed by atoms with Gasteiger partial charge < -0.3 is 14.2 Å². The van der Waals surface area contributed by atoms with E-state index in [1.54, 1.807) is 0 Å². The molecule has 0 spiro atoms. The molecule has 0 aromatic heterocycles. The first kappa shape index (κ1) is 16.0. The van der Waals surface area contributed by atoms with Crippen LogP contribution in [0.2, 0.25) is 0 Å². The van der Waals surface area contributed by atoms with Gasteiger partial charge in [0.05, 0.1) is 0 Å². The van der Waals surface area contributed by atoms with Crippen molar-refractivity contribution < 1.29 is 23.8 Å². The SMILES string of the molecule is CC(=O)O[C@H]1[C@H](OC(C)=O)[C@H](C(C)C)O[C@@H]1C(C)C. The molecule has 0 bridgehead atoms. The second kappa shape index (κ2) is 6.37. The molecule has 110 valence electrons. The summed E-state index contributed by atoms with van der Waals surface area (Å²) in [4.78, 5) is 22.5. The van der Waals surface area contributed by atoms with Crippen molar-refractivity contribution in [2.24, 2.45) is 11.8 Å². The van der Waals surface area contributed by atoms with Crippen LogP contribution in [0.25, 0.3) is 0 Å². The molecule has 1 fully saturated rings. The van der Waals surface area contributed by atoms with Gasteiger partial charge in [0.2, 0.25) is 0 Å². The Labute approximate surface area is 114 Å². The molecule has 5 heteroatoms. The third kappa shape index (κ3) is 3.93. The molecule has 4 atom stereocenters. The first-order chi connectivity index (χ1) is 8.73. The maximum absolute atomic E-state index is 11.3. The molecule has 1 heterocycles. The topological polar surface area (TPSA) is 61.8 Å². The van der Waals surface area contributed by atoms with E-state index < -0.39 is 12.2 Å². The highest BCUT2D eigenvalue weighted by Crippen LogP contribution is 2.34. The van der Waals surface area contributed by atoms with Crippen molar-refractivity contribution in [2.45, 2.75) is 66.0 Å². The van der Waals surface area contributed by atoms with Crippen molar-refractivity contribution in [3.63, 3.8) is 0 Å². The normalized spacial score (nSPS) is 30.7. The van der Waals surface area contributed by atoms with E-state index in [0.29, 0.717) is 0 Å². The Kier molecular flexibility index (Phi) is 5.35. The van der Waals surface area contributed by atoms with E-state index in [0.717, 1.165) is 0 Å². The van der Waals surface area contributed by atoms with Crippen molar-refractivity contribution in [3.05, 3.63) is 0 Å². The van der Waals surface area contributed by atoms with Crippen LogP contribution >= 0.6 is 0 Å². The van der Waals surface area contributed by atoms with Crippen LogP contribution in [-0.2, 0) is 23.8 Å². The fourth-order valence-electron chi connectivity index (χ4n) is 2.43. The number of hydrogen-bond donors (Lipinski definition) is 0. The zero-order valence-electron chi connectivity index (χ0n) is 12.5. The van der Waals surface area contributed by atoms with Crippen LogP contribution in [-0.4, -0.2) is 36.4 Å². The highest BCUT2D eigenvalue weighted by atomic mass is 16.6. The Hall–Kier alpha value is -1.10. The summed E-state index contributed by atoms with van der Waals surface area (Å²) in [5, 5.41) is 0. The number of hydrogen-bond acceptors (Lipinski definition) is 5. The summed E-state index contributed by atoms with van der Waals surface area (Å²) in [6, 6.07) is 0. The van der Waals surface area contributed by atoms with Gasteiger partial charge in [0.1, 0.15) is 12.2 Å². The van der Waals surface area contributed by atoms with E-state index >= 15 is 0 Å². The van der Waals surface area contributed by atoms with Crippen molar-refractivity contribution in [1.29, 1.82) is 0 Å². The van der Waals surface area contributed by atoms with Gasteiger partial charge in [0, 0.05) is 13.8 Å². The number of carbonyl (C=O) groups excluding carboxylic acids is 2. The Morgan fingerprint density at radius 2 is 1.16 bits per heavy atom. The first-order valence-electron chi connectivity index (χ1n) is 6.74. The summed E-state index contributed by atoms with van der Waals surface area (Å²) in [5.74, 6) is -0.432. The summed E-state index contributed by atoms with van der Waals surface area (Å²) in [6.07, 6.45) is -1.57. The van der Waals surface area contributed by atoms with Gasteiger partial charge in [-0.25, -0.2) is 0 Å². The molecule has 1 rings (SSSR count). The maximum Gasteiger partial charge on any atom is 0.303 e.